The minimum Gasteiger partial charge on any atom is -0.454 e. The van der Waals surface area contributed by atoms with Crippen LogP contribution in [0.15, 0.2) is 18.2 Å². The highest BCUT2D eigenvalue weighted by Crippen LogP contribution is 2.32. The fourth-order valence-electron chi connectivity index (χ4n) is 1.20. The van der Waals surface area contributed by atoms with E-state index in [9.17, 15) is 4.21 Å². The van der Waals surface area contributed by atoms with Crippen molar-refractivity contribution in [2.45, 2.75) is 6.54 Å². The summed E-state index contributed by atoms with van der Waals surface area (Å²) >= 11 is -1.99. The molecule has 1 aromatic carbocycles. The Morgan fingerprint density at radius 2 is 2.21 bits per heavy atom. The van der Waals surface area contributed by atoms with Crippen molar-refractivity contribution in [1.29, 1.82) is 0 Å². The number of fused-ring (bicyclic) bond motifs is 1. The van der Waals surface area contributed by atoms with Gasteiger partial charge in [-0.2, -0.15) is 0 Å². The van der Waals surface area contributed by atoms with E-state index in [1.165, 1.54) is 0 Å². The fourth-order valence-corrected chi connectivity index (χ4v) is 1.49. The van der Waals surface area contributed by atoms with Gasteiger partial charge in [-0.1, -0.05) is 6.07 Å². The van der Waals surface area contributed by atoms with Crippen LogP contribution in [0.5, 0.6) is 11.5 Å². The Bertz CT molecular complexity index is 368. The second-order valence-corrected chi connectivity index (χ2v) is 3.54. The lowest BCUT2D eigenvalue weighted by atomic mass is 10.2. The minimum absolute atomic E-state index is 0.234. The van der Waals surface area contributed by atoms with E-state index in [4.69, 9.17) is 14.0 Å². The summed E-state index contributed by atoms with van der Waals surface area (Å²) in [5, 5.41) is 0. The van der Waals surface area contributed by atoms with Crippen molar-refractivity contribution < 1.29 is 18.2 Å². The maximum absolute atomic E-state index is 10.4. The van der Waals surface area contributed by atoms with Crippen molar-refractivity contribution >= 4 is 11.3 Å². The van der Waals surface area contributed by atoms with Gasteiger partial charge in [0.2, 0.25) is 18.1 Å². The third-order valence-corrected chi connectivity index (χ3v) is 2.23. The summed E-state index contributed by atoms with van der Waals surface area (Å²) in [4.78, 5) is 0. The summed E-state index contributed by atoms with van der Waals surface area (Å²) < 4.78 is 31.5. The quantitative estimate of drug-likeness (QED) is 0.726. The van der Waals surface area contributed by atoms with E-state index in [0.717, 1.165) is 5.56 Å². The molecule has 0 spiro atoms. The molecule has 0 aliphatic carbocycles. The zero-order valence-electron chi connectivity index (χ0n) is 7.23. The number of hydrogen-bond donors (Lipinski definition) is 2. The smallest absolute Gasteiger partial charge is 0.232 e. The molecule has 1 unspecified atom stereocenters. The molecule has 1 heterocycles. The largest absolute Gasteiger partial charge is 0.454 e. The van der Waals surface area contributed by atoms with Crippen LogP contribution in [0.1, 0.15) is 5.56 Å². The summed E-state index contributed by atoms with van der Waals surface area (Å²) in [6.07, 6.45) is 0. The van der Waals surface area contributed by atoms with Crippen molar-refractivity contribution in [1.82, 2.24) is 4.72 Å². The molecular weight excluding hydrogens is 206 g/mol. The van der Waals surface area contributed by atoms with Crippen LogP contribution in [0, 0.1) is 0 Å². The SMILES string of the molecule is O=S(O)NCc1ccc2c(c1)OCO2. The molecule has 0 saturated heterocycles. The van der Waals surface area contributed by atoms with Gasteiger partial charge in [0, 0.05) is 6.54 Å². The predicted octanol–water partition coefficient (Wildman–Crippen LogP) is 0.642. The first kappa shape index (κ1) is 9.45. The van der Waals surface area contributed by atoms with E-state index in [1.54, 1.807) is 12.1 Å². The molecular formula is C8H9NO4S. The zero-order valence-corrected chi connectivity index (χ0v) is 8.04. The van der Waals surface area contributed by atoms with Gasteiger partial charge >= 0.3 is 0 Å². The lowest BCUT2D eigenvalue weighted by Crippen LogP contribution is -2.15. The van der Waals surface area contributed by atoms with Crippen molar-refractivity contribution in [3.8, 4) is 11.5 Å². The third-order valence-electron chi connectivity index (χ3n) is 1.84. The number of ether oxygens (including phenoxy) is 2. The molecule has 0 radical (unpaired) electrons. The molecule has 1 aliphatic heterocycles. The molecule has 0 amide bonds. The highest BCUT2D eigenvalue weighted by atomic mass is 32.2. The Balaban J connectivity index is 2.09. The van der Waals surface area contributed by atoms with Crippen LogP contribution in [0.2, 0.25) is 0 Å². The Morgan fingerprint density at radius 1 is 1.43 bits per heavy atom. The maximum atomic E-state index is 10.4. The first-order chi connectivity index (χ1) is 6.75. The van der Waals surface area contributed by atoms with Gasteiger partial charge < -0.3 is 9.47 Å². The zero-order chi connectivity index (χ0) is 9.97. The van der Waals surface area contributed by atoms with Crippen LogP contribution in [0.25, 0.3) is 0 Å². The lowest BCUT2D eigenvalue weighted by molar-refractivity contribution is 0.174. The lowest BCUT2D eigenvalue weighted by Gasteiger charge is -2.01. The maximum Gasteiger partial charge on any atom is 0.232 e. The molecule has 1 aliphatic rings. The molecule has 0 saturated carbocycles. The molecule has 1 aromatic rings. The highest BCUT2D eigenvalue weighted by molar-refractivity contribution is 7.77. The van der Waals surface area contributed by atoms with Gasteiger partial charge in [0.25, 0.3) is 0 Å². The third kappa shape index (κ3) is 2.03. The average molecular weight is 215 g/mol. The summed E-state index contributed by atoms with van der Waals surface area (Å²) in [5.74, 6) is 1.38. The first-order valence-electron chi connectivity index (χ1n) is 3.98. The Hall–Kier alpha value is -1.11. The van der Waals surface area contributed by atoms with Crippen LogP contribution in [-0.4, -0.2) is 15.6 Å². The molecule has 2 rings (SSSR count). The monoisotopic (exact) mass is 215 g/mol. The topological polar surface area (TPSA) is 67.8 Å². The molecule has 1 atom stereocenters. The Morgan fingerprint density at radius 3 is 3.00 bits per heavy atom. The van der Waals surface area contributed by atoms with E-state index in [-0.39, 0.29) is 6.79 Å². The van der Waals surface area contributed by atoms with Crippen LogP contribution < -0.4 is 14.2 Å². The van der Waals surface area contributed by atoms with Gasteiger partial charge in [0.05, 0.1) is 0 Å². The summed E-state index contributed by atoms with van der Waals surface area (Å²) in [7, 11) is 0. The normalized spacial score (nSPS) is 15.5. The predicted molar refractivity (Wildman–Crippen MR) is 50.2 cm³/mol. The molecule has 76 valence electrons. The van der Waals surface area contributed by atoms with Crippen molar-refractivity contribution in [2.75, 3.05) is 6.79 Å². The summed E-state index contributed by atoms with van der Waals surface area (Å²) in [6, 6.07) is 5.37. The van der Waals surface area contributed by atoms with E-state index in [2.05, 4.69) is 4.72 Å². The van der Waals surface area contributed by atoms with Crippen molar-refractivity contribution in [3.05, 3.63) is 23.8 Å². The van der Waals surface area contributed by atoms with Crippen molar-refractivity contribution in [2.24, 2.45) is 0 Å². The van der Waals surface area contributed by atoms with Gasteiger partial charge in [-0.15, -0.1) is 0 Å². The Kier molecular flexibility index (Phi) is 2.67. The van der Waals surface area contributed by atoms with E-state index in [0.29, 0.717) is 18.0 Å². The van der Waals surface area contributed by atoms with E-state index in [1.807, 2.05) is 6.07 Å². The van der Waals surface area contributed by atoms with Gasteiger partial charge in [0.1, 0.15) is 0 Å². The summed E-state index contributed by atoms with van der Waals surface area (Å²) in [5.41, 5.74) is 0.872. The molecule has 0 aromatic heterocycles. The fraction of sp³-hybridized carbons (Fsp3) is 0.250. The number of benzene rings is 1. The summed E-state index contributed by atoms with van der Waals surface area (Å²) in [6.45, 7) is 0.553. The highest BCUT2D eigenvalue weighted by Gasteiger charge is 2.12. The average Bonchev–Trinajstić information content (AvgIpc) is 2.61. The molecule has 0 bridgehead atoms. The number of nitrogens with one attached hydrogen (secondary N) is 1. The van der Waals surface area contributed by atoms with Crippen molar-refractivity contribution in [3.63, 3.8) is 0 Å². The van der Waals surface area contributed by atoms with Crippen LogP contribution >= 0.6 is 0 Å². The number of rotatable bonds is 3. The molecule has 2 N–H and O–H groups in total. The second kappa shape index (κ2) is 3.95. The molecule has 0 fully saturated rings. The van der Waals surface area contributed by atoms with E-state index >= 15 is 0 Å². The molecule has 5 nitrogen and oxygen atoms in total. The van der Waals surface area contributed by atoms with Gasteiger partial charge in [-0.05, 0) is 17.7 Å². The first-order valence-corrected chi connectivity index (χ1v) is 5.09. The standard InChI is InChI=1S/C8H9NO4S/c10-14(11)9-4-6-1-2-7-8(3-6)13-5-12-7/h1-3,9H,4-5H2,(H,10,11). The van der Waals surface area contributed by atoms with Crippen LogP contribution in [0.4, 0.5) is 0 Å². The van der Waals surface area contributed by atoms with Gasteiger partial charge in [-0.3, -0.25) is 4.55 Å². The second-order valence-electron chi connectivity index (χ2n) is 2.76. The molecule has 14 heavy (non-hydrogen) atoms. The Labute approximate surface area is 83.4 Å². The van der Waals surface area contributed by atoms with Gasteiger partial charge in [-0.25, -0.2) is 8.93 Å². The van der Waals surface area contributed by atoms with Gasteiger partial charge in [0.15, 0.2) is 11.5 Å². The van der Waals surface area contributed by atoms with Crippen LogP contribution in [0.3, 0.4) is 0 Å². The number of hydrogen-bond acceptors (Lipinski definition) is 3. The molecule has 6 heteroatoms. The van der Waals surface area contributed by atoms with Crippen LogP contribution in [-0.2, 0) is 17.8 Å². The minimum atomic E-state index is -1.99. The van der Waals surface area contributed by atoms with E-state index < -0.39 is 11.3 Å².